The van der Waals surface area contributed by atoms with E-state index < -0.39 is 23.9 Å². The van der Waals surface area contributed by atoms with Gasteiger partial charge < -0.3 is 10.1 Å². The highest BCUT2D eigenvalue weighted by molar-refractivity contribution is 7.17. The summed E-state index contributed by atoms with van der Waals surface area (Å²) >= 11 is 1.44. The maximum Gasteiger partial charge on any atom is 0.165 e. The minimum Gasteiger partial charge on any atom is -0.479 e. The van der Waals surface area contributed by atoms with Gasteiger partial charge in [-0.25, -0.2) is 13.2 Å². The van der Waals surface area contributed by atoms with Crippen LogP contribution in [-0.4, -0.2) is 19.8 Å². The second-order valence-electron chi connectivity index (χ2n) is 5.38. The van der Waals surface area contributed by atoms with Crippen molar-refractivity contribution >= 4 is 33.8 Å². The Kier molecular flexibility index (Phi) is 6.70. The topological polar surface area (TPSA) is 21.3 Å². The number of hydrogen-bond donors (Lipinski definition) is 1. The Morgan fingerprint density at radius 3 is 2.68 bits per heavy atom. The van der Waals surface area contributed by atoms with Crippen LogP contribution in [0.3, 0.4) is 0 Å². The lowest BCUT2D eigenvalue weighted by Crippen LogP contribution is -2.29. The number of thiophene rings is 1. The van der Waals surface area contributed by atoms with Gasteiger partial charge in [0.15, 0.2) is 23.8 Å². The number of alkyl halides is 1. The molecule has 0 radical (unpaired) electrons. The molecule has 0 spiro atoms. The molecular formula is C18H17ClF3NOS. The van der Waals surface area contributed by atoms with Crippen molar-refractivity contribution in [3.63, 3.8) is 0 Å². The van der Waals surface area contributed by atoms with Gasteiger partial charge in [0.2, 0.25) is 0 Å². The highest BCUT2D eigenvalue weighted by Crippen LogP contribution is 2.36. The van der Waals surface area contributed by atoms with Gasteiger partial charge in [-0.15, -0.1) is 23.7 Å². The van der Waals surface area contributed by atoms with Crippen LogP contribution in [0, 0.1) is 11.6 Å². The molecule has 0 bridgehead atoms. The largest absolute Gasteiger partial charge is 0.479 e. The van der Waals surface area contributed by atoms with Crippen LogP contribution in [0.15, 0.2) is 47.8 Å². The molecule has 2 aromatic carbocycles. The monoisotopic (exact) mass is 387 g/mol. The fraction of sp³-hybridized carbons (Fsp3) is 0.222. The van der Waals surface area contributed by atoms with Crippen molar-refractivity contribution in [3.8, 4) is 5.75 Å². The first-order chi connectivity index (χ1) is 11.6. The normalized spacial score (nSPS) is 13.3. The molecule has 0 unspecified atom stereocenters. The summed E-state index contributed by atoms with van der Waals surface area (Å²) in [5, 5.41) is 5.12. The molecular weight excluding hydrogens is 371 g/mol. The van der Waals surface area contributed by atoms with Gasteiger partial charge in [-0.1, -0.05) is 12.1 Å². The second kappa shape index (κ2) is 8.56. The van der Waals surface area contributed by atoms with Crippen LogP contribution in [0.4, 0.5) is 13.2 Å². The summed E-state index contributed by atoms with van der Waals surface area (Å²) in [5.74, 6) is -1.08. The van der Waals surface area contributed by atoms with Crippen LogP contribution in [0.1, 0.15) is 11.7 Å². The lowest BCUT2D eigenvalue weighted by molar-refractivity contribution is 0.0974. The molecule has 3 aromatic rings. The predicted octanol–water partition coefficient (Wildman–Crippen LogP) is 5.28. The average molecular weight is 388 g/mol. The number of fused-ring (bicyclic) bond motifs is 1. The van der Waals surface area contributed by atoms with Gasteiger partial charge in [-0.05, 0) is 48.3 Å². The van der Waals surface area contributed by atoms with Crippen molar-refractivity contribution in [1.82, 2.24) is 5.32 Å². The number of halogens is 4. The molecule has 25 heavy (non-hydrogen) atoms. The molecule has 0 aliphatic heterocycles. The van der Waals surface area contributed by atoms with Crippen molar-refractivity contribution in [3.05, 3.63) is 65.0 Å². The van der Waals surface area contributed by atoms with Gasteiger partial charge >= 0.3 is 0 Å². The lowest BCUT2D eigenvalue weighted by atomic mass is 10.0. The van der Waals surface area contributed by atoms with Crippen molar-refractivity contribution in [1.29, 1.82) is 0 Å². The third-order valence-corrected chi connectivity index (χ3v) is 4.57. The Morgan fingerprint density at radius 1 is 1.16 bits per heavy atom. The summed E-state index contributed by atoms with van der Waals surface area (Å²) in [6.07, 6.45) is -2.58. The predicted molar refractivity (Wildman–Crippen MR) is 97.6 cm³/mol. The first-order valence-corrected chi connectivity index (χ1v) is 8.34. The van der Waals surface area contributed by atoms with Crippen LogP contribution >= 0.6 is 23.7 Å². The van der Waals surface area contributed by atoms with Gasteiger partial charge in [-0.3, -0.25) is 0 Å². The van der Waals surface area contributed by atoms with Crippen LogP contribution in [-0.2, 0) is 0 Å². The first-order valence-electron chi connectivity index (χ1n) is 7.46. The van der Waals surface area contributed by atoms with E-state index in [4.69, 9.17) is 4.74 Å². The summed E-state index contributed by atoms with van der Waals surface area (Å²) in [7, 11) is 1.61. The van der Waals surface area contributed by atoms with E-state index in [-0.39, 0.29) is 24.7 Å². The van der Waals surface area contributed by atoms with E-state index in [1.54, 1.807) is 25.2 Å². The van der Waals surface area contributed by atoms with Crippen LogP contribution in [0.25, 0.3) is 10.1 Å². The summed E-state index contributed by atoms with van der Waals surface area (Å²) in [6, 6.07) is 10.2. The molecule has 0 saturated carbocycles. The van der Waals surface area contributed by atoms with Crippen molar-refractivity contribution in [2.45, 2.75) is 12.3 Å². The Hall–Kier alpha value is -1.76. The third-order valence-electron chi connectivity index (χ3n) is 3.69. The highest BCUT2D eigenvalue weighted by atomic mass is 35.5. The maximum atomic E-state index is 14.6. The Bertz CT molecular complexity index is 842. The summed E-state index contributed by atoms with van der Waals surface area (Å²) in [5.41, 5.74) is 0.324. The van der Waals surface area contributed by atoms with Crippen LogP contribution in [0.2, 0.25) is 0 Å². The molecule has 3 rings (SSSR count). The van der Waals surface area contributed by atoms with Crippen molar-refractivity contribution in [2.75, 3.05) is 13.6 Å². The van der Waals surface area contributed by atoms with E-state index in [0.717, 1.165) is 4.70 Å². The fourth-order valence-electron chi connectivity index (χ4n) is 2.57. The first kappa shape index (κ1) is 19.6. The standard InChI is InChI=1S/C18H16F3NOS.ClH/c1-22-10-15(21)17(11-3-2-4-12(19)9-11)23-18-13-7-8-24-16(13)6-5-14(18)20;/h2-9,15,17,22H,10H2,1H3;1H/t15-,17-;/m0./s1. The van der Waals surface area contributed by atoms with Gasteiger partial charge in [0.1, 0.15) is 5.82 Å². The SMILES string of the molecule is CNC[C@H](F)[C@@H](Oc1c(F)ccc2sccc12)c1cccc(F)c1.Cl. The van der Waals surface area contributed by atoms with E-state index >= 15 is 0 Å². The van der Waals surface area contributed by atoms with Crippen molar-refractivity contribution < 1.29 is 17.9 Å². The Balaban J connectivity index is 0.00000225. The molecule has 7 heteroatoms. The van der Waals surface area contributed by atoms with E-state index in [0.29, 0.717) is 10.9 Å². The van der Waals surface area contributed by atoms with Crippen LogP contribution in [0.5, 0.6) is 5.75 Å². The van der Waals surface area contributed by atoms with E-state index in [9.17, 15) is 13.2 Å². The quantitative estimate of drug-likeness (QED) is 0.621. The minimum absolute atomic E-state index is 0. The number of ether oxygens (including phenoxy) is 1. The van der Waals surface area contributed by atoms with Gasteiger partial charge in [0, 0.05) is 16.6 Å². The molecule has 0 aliphatic carbocycles. The second-order valence-corrected chi connectivity index (χ2v) is 6.32. The number of benzene rings is 2. The van der Waals surface area contributed by atoms with Gasteiger partial charge in [-0.2, -0.15) is 0 Å². The molecule has 2 atom stereocenters. The van der Waals surface area contributed by atoms with E-state index in [1.807, 2.05) is 5.38 Å². The average Bonchev–Trinajstić information content (AvgIpc) is 3.03. The number of rotatable bonds is 6. The number of hydrogen-bond acceptors (Lipinski definition) is 3. The molecule has 0 amide bonds. The molecule has 134 valence electrons. The molecule has 1 aromatic heterocycles. The smallest absolute Gasteiger partial charge is 0.165 e. The molecule has 0 aliphatic rings. The Morgan fingerprint density at radius 2 is 1.96 bits per heavy atom. The molecule has 0 saturated heterocycles. The highest BCUT2D eigenvalue weighted by Gasteiger charge is 2.27. The molecule has 2 nitrogen and oxygen atoms in total. The zero-order valence-corrected chi connectivity index (χ0v) is 15.0. The maximum absolute atomic E-state index is 14.6. The third kappa shape index (κ3) is 4.26. The minimum atomic E-state index is -1.47. The zero-order chi connectivity index (χ0) is 17.1. The Labute approximate surface area is 154 Å². The molecule has 1 N–H and O–H groups in total. The van der Waals surface area contributed by atoms with Crippen molar-refractivity contribution in [2.24, 2.45) is 0 Å². The summed E-state index contributed by atoms with van der Waals surface area (Å²) < 4.78 is 49.0. The van der Waals surface area contributed by atoms with Gasteiger partial charge in [0.05, 0.1) is 0 Å². The summed E-state index contributed by atoms with van der Waals surface area (Å²) in [4.78, 5) is 0. The molecule has 0 fully saturated rings. The fourth-order valence-corrected chi connectivity index (χ4v) is 3.36. The summed E-state index contributed by atoms with van der Waals surface area (Å²) in [6.45, 7) is 0.00239. The lowest BCUT2D eigenvalue weighted by Gasteiger charge is -2.24. The van der Waals surface area contributed by atoms with Crippen LogP contribution < -0.4 is 10.1 Å². The van der Waals surface area contributed by atoms with E-state index in [2.05, 4.69) is 5.32 Å². The molecule has 1 heterocycles. The zero-order valence-electron chi connectivity index (χ0n) is 13.3. The van der Waals surface area contributed by atoms with Gasteiger partial charge in [0.25, 0.3) is 0 Å². The van der Waals surface area contributed by atoms with E-state index in [1.165, 1.54) is 35.6 Å². The number of nitrogens with one attached hydrogen (secondary N) is 1.